The monoisotopic (exact) mass is 470 g/mol. The molecule has 0 aliphatic rings. The Morgan fingerprint density at radius 1 is 0.472 bits per heavy atom. The van der Waals surface area contributed by atoms with E-state index in [1.807, 2.05) is 12.4 Å². The van der Waals surface area contributed by atoms with E-state index >= 15 is 0 Å². The first kappa shape index (κ1) is 23.3. The van der Waals surface area contributed by atoms with E-state index in [1.54, 1.807) is 0 Å². The molecule has 2 heterocycles. The van der Waals surface area contributed by atoms with Gasteiger partial charge in [0.1, 0.15) is 0 Å². The van der Waals surface area contributed by atoms with Crippen molar-refractivity contribution in [1.29, 1.82) is 0 Å². The highest BCUT2D eigenvalue weighted by Gasteiger charge is 2.08. The highest BCUT2D eigenvalue weighted by molar-refractivity contribution is 6.08. The van der Waals surface area contributed by atoms with E-state index in [-0.39, 0.29) is 0 Å². The topological polar surface area (TPSA) is 32.3 Å². The molecule has 2 aromatic heterocycles. The van der Waals surface area contributed by atoms with Gasteiger partial charge < -0.3 is 9.80 Å². The Hall–Kier alpha value is -4.44. The number of pyridine rings is 2. The minimum absolute atomic E-state index is 0.920. The fourth-order valence-corrected chi connectivity index (χ4v) is 4.30. The minimum Gasteiger partial charge on any atom is -0.378 e. The van der Waals surface area contributed by atoms with Crippen molar-refractivity contribution < 1.29 is 0 Å². The molecule has 4 nitrogen and oxygen atoms in total. The molecule has 0 aliphatic carbocycles. The van der Waals surface area contributed by atoms with Crippen LogP contribution in [0.1, 0.15) is 22.3 Å². The molecule has 0 spiro atoms. The standard InChI is InChI=1S/C32H30N4/c1-35(2)27-13-7-23(8-14-27)5-11-25-19-21-33-31-29(25)17-18-30-26(20-22-34-32(30)31)12-6-24-9-15-28(16-10-24)36(3)4/h5-22H,1-4H3/b11-5+,12-6+. The predicted molar refractivity (Wildman–Crippen MR) is 156 cm³/mol. The summed E-state index contributed by atoms with van der Waals surface area (Å²) in [7, 11) is 8.21. The molecule has 0 amide bonds. The maximum atomic E-state index is 4.71. The Balaban J connectivity index is 1.48. The first-order chi connectivity index (χ1) is 17.5. The first-order valence-electron chi connectivity index (χ1n) is 12.1. The number of nitrogens with zero attached hydrogens (tertiary/aromatic N) is 4. The lowest BCUT2D eigenvalue weighted by Gasteiger charge is -2.12. The number of rotatable bonds is 6. The third-order valence-electron chi connectivity index (χ3n) is 6.42. The van der Waals surface area contributed by atoms with E-state index in [4.69, 9.17) is 9.97 Å². The lowest BCUT2D eigenvalue weighted by molar-refractivity contribution is 1.13. The highest BCUT2D eigenvalue weighted by atomic mass is 15.1. The Morgan fingerprint density at radius 3 is 1.22 bits per heavy atom. The fraction of sp³-hybridized carbons (Fsp3) is 0.125. The predicted octanol–water partition coefficient (Wildman–Crippen LogP) is 7.26. The second kappa shape index (κ2) is 10.0. The van der Waals surface area contributed by atoms with Gasteiger partial charge in [-0.2, -0.15) is 0 Å². The summed E-state index contributed by atoms with van der Waals surface area (Å²) in [5, 5.41) is 2.19. The van der Waals surface area contributed by atoms with Gasteiger partial charge in [-0.25, -0.2) is 0 Å². The van der Waals surface area contributed by atoms with Crippen molar-refractivity contribution in [3.63, 3.8) is 0 Å². The molecule has 36 heavy (non-hydrogen) atoms. The van der Waals surface area contributed by atoms with Crippen LogP contribution in [-0.2, 0) is 0 Å². The molecule has 0 unspecified atom stereocenters. The van der Waals surface area contributed by atoms with Crippen molar-refractivity contribution in [2.24, 2.45) is 0 Å². The van der Waals surface area contributed by atoms with Gasteiger partial charge in [0, 0.05) is 62.7 Å². The van der Waals surface area contributed by atoms with Crippen LogP contribution in [0.15, 0.2) is 85.2 Å². The van der Waals surface area contributed by atoms with Gasteiger partial charge in [-0.1, -0.05) is 60.7 Å². The van der Waals surface area contributed by atoms with Gasteiger partial charge in [0.05, 0.1) is 11.0 Å². The molecule has 0 aliphatic heterocycles. The third-order valence-corrected chi connectivity index (χ3v) is 6.42. The van der Waals surface area contributed by atoms with Crippen molar-refractivity contribution in [3.05, 3.63) is 107 Å². The zero-order chi connectivity index (χ0) is 25.1. The van der Waals surface area contributed by atoms with Gasteiger partial charge in [0.2, 0.25) is 0 Å². The second-order valence-corrected chi connectivity index (χ2v) is 9.30. The number of fused-ring (bicyclic) bond motifs is 3. The molecule has 0 saturated carbocycles. The molecule has 0 atom stereocenters. The van der Waals surface area contributed by atoms with Gasteiger partial charge in [0.25, 0.3) is 0 Å². The van der Waals surface area contributed by atoms with Crippen molar-refractivity contribution in [1.82, 2.24) is 9.97 Å². The second-order valence-electron chi connectivity index (χ2n) is 9.30. The summed E-state index contributed by atoms with van der Waals surface area (Å²) in [6.45, 7) is 0. The first-order valence-corrected chi connectivity index (χ1v) is 12.1. The van der Waals surface area contributed by atoms with Crippen LogP contribution in [0, 0.1) is 0 Å². The molecule has 0 radical (unpaired) electrons. The summed E-state index contributed by atoms with van der Waals surface area (Å²) >= 11 is 0. The number of anilines is 2. The van der Waals surface area contributed by atoms with Crippen LogP contribution in [0.25, 0.3) is 46.1 Å². The summed E-state index contributed by atoms with van der Waals surface area (Å²) in [5.74, 6) is 0. The van der Waals surface area contributed by atoms with E-state index in [9.17, 15) is 0 Å². The van der Waals surface area contributed by atoms with E-state index < -0.39 is 0 Å². The Kier molecular flexibility index (Phi) is 6.50. The molecule has 3 aromatic carbocycles. The van der Waals surface area contributed by atoms with Gasteiger partial charge >= 0.3 is 0 Å². The normalized spacial score (nSPS) is 11.7. The molecule has 5 aromatic rings. The van der Waals surface area contributed by atoms with Crippen LogP contribution in [0.4, 0.5) is 11.4 Å². The maximum Gasteiger partial charge on any atom is 0.0970 e. The Labute approximate surface area is 212 Å². The minimum atomic E-state index is 0.920. The zero-order valence-corrected chi connectivity index (χ0v) is 21.2. The average Bonchev–Trinajstić information content (AvgIpc) is 2.90. The van der Waals surface area contributed by atoms with Crippen LogP contribution < -0.4 is 9.80 Å². The molecule has 0 N–H and O–H groups in total. The zero-order valence-electron chi connectivity index (χ0n) is 21.2. The van der Waals surface area contributed by atoms with E-state index in [2.05, 4.69) is 135 Å². The number of aromatic nitrogens is 2. The summed E-state index contributed by atoms with van der Waals surface area (Å²) in [6.07, 6.45) is 12.3. The van der Waals surface area contributed by atoms with Crippen LogP contribution in [-0.4, -0.2) is 38.2 Å². The van der Waals surface area contributed by atoms with Crippen molar-refractivity contribution in [2.75, 3.05) is 38.0 Å². The summed E-state index contributed by atoms with van der Waals surface area (Å²) < 4.78 is 0. The van der Waals surface area contributed by atoms with Gasteiger partial charge in [-0.15, -0.1) is 0 Å². The highest BCUT2D eigenvalue weighted by Crippen LogP contribution is 2.28. The van der Waals surface area contributed by atoms with E-state index in [1.165, 1.54) is 11.4 Å². The Bertz CT molecular complexity index is 1440. The van der Waals surface area contributed by atoms with Crippen molar-refractivity contribution >= 4 is 57.5 Å². The molecule has 5 rings (SSSR count). The number of benzene rings is 3. The largest absolute Gasteiger partial charge is 0.378 e. The number of hydrogen-bond donors (Lipinski definition) is 0. The van der Waals surface area contributed by atoms with Crippen LogP contribution in [0.2, 0.25) is 0 Å². The average molecular weight is 471 g/mol. The van der Waals surface area contributed by atoms with E-state index in [0.29, 0.717) is 0 Å². The van der Waals surface area contributed by atoms with Crippen molar-refractivity contribution in [2.45, 2.75) is 0 Å². The molecule has 0 bridgehead atoms. The summed E-state index contributed by atoms with van der Waals surface area (Å²) in [6, 6.07) is 25.5. The van der Waals surface area contributed by atoms with E-state index in [0.717, 1.165) is 44.1 Å². The molecule has 178 valence electrons. The van der Waals surface area contributed by atoms with Crippen LogP contribution in [0.5, 0.6) is 0 Å². The van der Waals surface area contributed by atoms with Crippen LogP contribution in [0.3, 0.4) is 0 Å². The summed E-state index contributed by atoms with van der Waals surface area (Å²) in [4.78, 5) is 13.6. The lowest BCUT2D eigenvalue weighted by atomic mass is 10.0. The fourth-order valence-electron chi connectivity index (χ4n) is 4.30. The number of hydrogen-bond acceptors (Lipinski definition) is 4. The Morgan fingerprint density at radius 2 is 0.861 bits per heavy atom. The van der Waals surface area contributed by atoms with Crippen LogP contribution >= 0.6 is 0 Å². The van der Waals surface area contributed by atoms with Gasteiger partial charge in [-0.05, 0) is 58.7 Å². The quantitative estimate of drug-likeness (QED) is 0.245. The molecule has 0 fully saturated rings. The van der Waals surface area contributed by atoms with Gasteiger partial charge in [0.15, 0.2) is 0 Å². The van der Waals surface area contributed by atoms with Crippen molar-refractivity contribution in [3.8, 4) is 0 Å². The summed E-state index contributed by atoms with van der Waals surface area (Å²) in [5.41, 5.74) is 8.80. The SMILES string of the molecule is CN(C)c1ccc(/C=C/c2ccnc3c2ccc2c(/C=C/c4ccc(N(C)C)cc4)ccnc23)cc1. The third kappa shape index (κ3) is 4.84. The smallest absolute Gasteiger partial charge is 0.0970 e. The maximum absolute atomic E-state index is 4.71. The van der Waals surface area contributed by atoms with Gasteiger partial charge in [-0.3, -0.25) is 9.97 Å². The molecular formula is C32H30N4. The molecule has 0 saturated heterocycles. The molecule has 4 heteroatoms. The molecular weight excluding hydrogens is 440 g/mol. The lowest BCUT2D eigenvalue weighted by Crippen LogP contribution is -2.07.